The van der Waals surface area contributed by atoms with Gasteiger partial charge in [-0.1, -0.05) is 88.7 Å². The zero-order valence-corrected chi connectivity index (χ0v) is 44.7. The van der Waals surface area contributed by atoms with E-state index in [1.165, 1.54) is 33.0 Å². The van der Waals surface area contributed by atoms with Gasteiger partial charge in [-0.05, 0) is 129 Å². The number of rotatable bonds is 6. The number of carbonyl (C=O) groups is 2. The van der Waals surface area contributed by atoms with E-state index in [4.69, 9.17) is 35.3 Å². The number of aromatic nitrogens is 3. The number of carbonyl (C=O) groups excluding carboxylic acids is 2. The molecule has 0 saturated heterocycles. The smallest absolute Gasteiger partial charge is 1.00 e. The summed E-state index contributed by atoms with van der Waals surface area (Å²) in [5, 5.41) is 23.1. The number of aliphatic hydroxyl groups is 1. The van der Waals surface area contributed by atoms with Crippen LogP contribution in [0, 0.1) is 27.7 Å². The monoisotopic (exact) mass is 970 g/mol. The number of nitrogens with zero attached hydrogens (tertiary/aromatic N) is 3. The first-order chi connectivity index (χ1) is 30.8. The SMILES string of the molecule is CC(C)O.COc1ccc2c(c1)c(N)nc1ccccc12.COc1ccc2c3ccccc3n3c(-c4c(C)cccc4C)cnc3c2c1.Cc1cccc(C)c1C(Br)C=O.O=CO[O-].[H-].[Na+].[Na+]. The van der Waals surface area contributed by atoms with Crippen LogP contribution < -0.4 is 79.6 Å². The van der Waals surface area contributed by atoms with Crippen LogP contribution in [0.3, 0.4) is 0 Å². The molecule has 11 nitrogen and oxygen atoms in total. The second-order valence-electron chi connectivity index (χ2n) is 15.1. The van der Waals surface area contributed by atoms with Crippen LogP contribution in [0.2, 0.25) is 0 Å². The van der Waals surface area contributed by atoms with Crippen LogP contribution >= 0.6 is 15.9 Å². The molecule has 0 spiro atoms. The second-order valence-corrected chi connectivity index (χ2v) is 16.0. The molecule has 3 N–H and O–H groups in total. The maximum atomic E-state index is 10.6. The summed E-state index contributed by atoms with van der Waals surface area (Å²) in [4.78, 5) is 30.9. The Labute approximate surface area is 439 Å². The predicted molar refractivity (Wildman–Crippen MR) is 261 cm³/mol. The van der Waals surface area contributed by atoms with Gasteiger partial charge in [-0.25, -0.2) is 9.97 Å². The van der Waals surface area contributed by atoms with Gasteiger partial charge in [0.15, 0.2) is 0 Å². The van der Waals surface area contributed by atoms with Crippen molar-refractivity contribution in [3.05, 3.63) is 155 Å². The van der Waals surface area contributed by atoms with Crippen LogP contribution in [-0.2, 0) is 14.5 Å². The van der Waals surface area contributed by atoms with Gasteiger partial charge in [-0.15, -0.1) is 0 Å². The summed E-state index contributed by atoms with van der Waals surface area (Å²) < 4.78 is 13.0. The van der Waals surface area contributed by atoms with Crippen molar-refractivity contribution in [3.8, 4) is 22.8 Å². The average molecular weight is 972 g/mol. The zero-order valence-electron chi connectivity index (χ0n) is 40.1. The minimum Gasteiger partial charge on any atom is -1.00 e. The van der Waals surface area contributed by atoms with Gasteiger partial charge in [0.2, 0.25) is 0 Å². The van der Waals surface area contributed by atoms with Crippen molar-refractivity contribution in [2.24, 2.45) is 0 Å². The first kappa shape index (κ1) is 55.5. The van der Waals surface area contributed by atoms with Crippen LogP contribution in [0.4, 0.5) is 5.82 Å². The molecule has 9 rings (SSSR count). The first-order valence-corrected chi connectivity index (χ1v) is 21.3. The number of alkyl halides is 1. The third-order valence-electron chi connectivity index (χ3n) is 10.3. The van der Waals surface area contributed by atoms with Crippen molar-refractivity contribution in [3.63, 3.8) is 0 Å². The molecular weight excluding hydrogens is 918 g/mol. The number of hydrogen-bond donors (Lipinski definition) is 2. The van der Waals surface area contributed by atoms with Crippen LogP contribution in [0.15, 0.2) is 128 Å². The van der Waals surface area contributed by atoms with Gasteiger partial charge in [-0.2, -0.15) is 0 Å². The number of hydrogen-bond acceptors (Lipinski definition) is 10. The number of methoxy groups -OCH3 is 2. The minimum atomic E-state index is -0.181. The predicted octanol–water partition coefficient (Wildman–Crippen LogP) is 4.79. The molecule has 0 aliphatic heterocycles. The van der Waals surface area contributed by atoms with E-state index < -0.39 is 0 Å². The molecule has 1 atom stereocenters. The largest absolute Gasteiger partial charge is 1.00 e. The van der Waals surface area contributed by atoms with Crippen LogP contribution in [-0.4, -0.2) is 52.6 Å². The summed E-state index contributed by atoms with van der Waals surface area (Å²) in [6, 6.07) is 41.1. The summed E-state index contributed by atoms with van der Waals surface area (Å²) in [6.07, 6.45) is 2.74. The third-order valence-corrected chi connectivity index (χ3v) is 11.0. The summed E-state index contributed by atoms with van der Waals surface area (Å²) in [6.45, 7) is 11.6. The fourth-order valence-electron chi connectivity index (χ4n) is 7.56. The van der Waals surface area contributed by atoms with Gasteiger partial charge in [0.1, 0.15) is 29.3 Å². The molecule has 3 aromatic heterocycles. The number of nitrogens with two attached hydrogens (primary N) is 1. The summed E-state index contributed by atoms with van der Waals surface area (Å²) in [7, 11) is 3.35. The van der Waals surface area contributed by atoms with Crippen LogP contribution in [0.25, 0.3) is 60.3 Å². The summed E-state index contributed by atoms with van der Waals surface area (Å²) >= 11 is 3.32. The molecule has 14 heteroatoms. The molecule has 3 heterocycles. The molecule has 332 valence electrons. The summed E-state index contributed by atoms with van der Waals surface area (Å²) in [5.41, 5.74) is 17.3. The normalized spacial score (nSPS) is 10.7. The van der Waals surface area contributed by atoms with Gasteiger partial charge < -0.3 is 36.7 Å². The first-order valence-electron chi connectivity index (χ1n) is 20.4. The van der Waals surface area contributed by atoms with Crippen molar-refractivity contribution in [1.29, 1.82) is 0 Å². The molecule has 0 radical (unpaired) electrons. The van der Waals surface area contributed by atoms with Gasteiger partial charge in [0, 0.05) is 33.2 Å². The number of imidazole rings is 1. The topological polar surface area (TPSA) is 161 Å². The number of para-hydroxylation sites is 2. The Bertz CT molecular complexity index is 3020. The van der Waals surface area contributed by atoms with E-state index in [0.717, 1.165) is 72.9 Å². The molecule has 0 amide bonds. The zero-order chi connectivity index (χ0) is 46.5. The van der Waals surface area contributed by atoms with Crippen molar-refractivity contribution >= 4 is 83.5 Å². The molecule has 0 aliphatic carbocycles. The van der Waals surface area contributed by atoms with E-state index in [1.807, 2.05) is 80.7 Å². The van der Waals surface area contributed by atoms with Gasteiger partial charge in [0.05, 0.1) is 42.0 Å². The van der Waals surface area contributed by atoms with E-state index in [2.05, 4.69) is 105 Å². The van der Waals surface area contributed by atoms with Crippen molar-refractivity contribution in [2.75, 3.05) is 20.0 Å². The number of aldehydes is 1. The van der Waals surface area contributed by atoms with E-state index in [1.54, 1.807) is 28.1 Å². The van der Waals surface area contributed by atoms with Crippen molar-refractivity contribution in [1.82, 2.24) is 14.4 Å². The van der Waals surface area contributed by atoms with Gasteiger partial charge >= 0.3 is 59.1 Å². The summed E-state index contributed by atoms with van der Waals surface area (Å²) in [5.74, 6) is 2.18. The minimum absolute atomic E-state index is 0. The third kappa shape index (κ3) is 13.2. The average Bonchev–Trinajstić information content (AvgIpc) is 3.74. The maximum absolute atomic E-state index is 10.6. The Balaban J connectivity index is 0.000000333. The second kappa shape index (κ2) is 26.5. The number of benzene rings is 6. The number of aryl methyl sites for hydroxylation is 4. The molecule has 0 aliphatic rings. The number of fused-ring (bicyclic) bond motifs is 9. The van der Waals surface area contributed by atoms with E-state index in [-0.39, 0.29) is 77.9 Å². The van der Waals surface area contributed by atoms with Crippen molar-refractivity contribution < 1.29 is 94.9 Å². The Morgan fingerprint density at radius 1 is 0.697 bits per heavy atom. The standard InChI is InChI=1S/C24H20N2O.C14H12N2O.C10H11BrO.C3H8O.CH2O3.2Na.H/c1-15-7-6-8-16(2)23(15)22-14-25-24-20-13-17(27-3)11-12-18(20)19-9-4-5-10-21(19)26(22)24;1-17-9-6-7-10-11-4-2-3-5-13(11)16-14(15)12(10)8-9;1-7-4-3-5-8(2)10(7)9(11)6-12;1-3(2)4;2-1-4-3;;;/h4-14H,1-3H3;2-8H,1H3,(H2,15,16);3-6,9H,1-2H3;3-4H,1-2H3;1,3H;;;/q;;;;;2*+1;-1/p-1. The Morgan fingerprint density at radius 2 is 1.18 bits per heavy atom. The van der Waals surface area contributed by atoms with Crippen molar-refractivity contribution in [2.45, 2.75) is 52.5 Å². The molecule has 6 aromatic carbocycles. The fourth-order valence-corrected chi connectivity index (χ4v) is 8.29. The molecule has 0 fully saturated rings. The van der Waals surface area contributed by atoms with Crippen LogP contribution in [0.5, 0.6) is 11.5 Å². The molecule has 0 saturated carbocycles. The molecule has 1 unspecified atom stereocenters. The molecule has 66 heavy (non-hydrogen) atoms. The van der Waals surface area contributed by atoms with E-state index in [0.29, 0.717) is 5.82 Å². The van der Waals surface area contributed by atoms with Gasteiger partial charge in [0.25, 0.3) is 6.47 Å². The number of halogens is 1. The number of pyridine rings is 2. The maximum Gasteiger partial charge on any atom is 1.00 e. The molecular formula is C52H53BrN4Na2O7. The number of nitrogen functional groups attached to an aromatic ring is 1. The van der Waals surface area contributed by atoms with Gasteiger partial charge in [-0.3, -0.25) is 9.20 Å². The number of aliphatic hydroxyl groups excluding tert-OH is 1. The van der Waals surface area contributed by atoms with E-state index in [9.17, 15) is 4.79 Å². The number of anilines is 1. The van der Waals surface area contributed by atoms with E-state index >= 15 is 0 Å². The Morgan fingerprint density at radius 3 is 1.71 bits per heavy atom. The fraction of sp³-hybridized carbons (Fsp3) is 0.192. The molecule has 9 aromatic rings. The Hall–Kier alpha value is -4.86. The Kier molecular flexibility index (Phi) is 22.2. The van der Waals surface area contributed by atoms with Crippen LogP contribution in [0.1, 0.15) is 47.9 Å². The quantitative estimate of drug-likeness (QED) is 0.0593. The number of ether oxygens (including phenoxy) is 2. The molecule has 0 bridgehead atoms.